The Hall–Kier alpha value is -1.79. The number of nitrogens with one attached hydrogen (secondary N) is 3. The maximum Gasteiger partial charge on any atom is 0.314 e. The minimum atomic E-state index is -0.890. The zero-order chi connectivity index (χ0) is 13.3. The molecule has 1 unspecified atom stereocenters. The van der Waals surface area contributed by atoms with Crippen molar-refractivity contribution in [3.63, 3.8) is 0 Å². The Morgan fingerprint density at radius 2 is 1.88 bits per heavy atom. The summed E-state index contributed by atoms with van der Waals surface area (Å²) >= 11 is 0. The molecule has 0 aromatic carbocycles. The Labute approximate surface area is 100.0 Å². The lowest BCUT2D eigenvalue weighted by Crippen LogP contribution is -2.39. The zero-order valence-electron chi connectivity index (χ0n) is 10.1. The minimum absolute atomic E-state index is 0.0124. The summed E-state index contributed by atoms with van der Waals surface area (Å²) in [6.07, 6.45) is 0.229. The van der Waals surface area contributed by atoms with Gasteiger partial charge in [0.1, 0.15) is 0 Å². The molecule has 0 aliphatic heterocycles. The largest absolute Gasteiger partial charge is 0.481 e. The van der Waals surface area contributed by atoms with E-state index < -0.39 is 12.0 Å². The predicted octanol–water partition coefficient (Wildman–Crippen LogP) is -0.467. The highest BCUT2D eigenvalue weighted by atomic mass is 16.4. The molecule has 0 aromatic rings. The molecular formula is C10H19N3O4. The average Bonchev–Trinajstić information content (AvgIpc) is 2.25. The van der Waals surface area contributed by atoms with Crippen LogP contribution in [0.3, 0.4) is 0 Å². The van der Waals surface area contributed by atoms with Gasteiger partial charge in [0, 0.05) is 33.0 Å². The number of carbonyl (C=O) groups excluding carboxylic acids is 2. The molecule has 0 aromatic heterocycles. The molecule has 4 N–H and O–H groups in total. The van der Waals surface area contributed by atoms with Crippen molar-refractivity contribution >= 4 is 17.9 Å². The highest BCUT2D eigenvalue weighted by molar-refractivity contribution is 5.77. The van der Waals surface area contributed by atoms with Crippen LogP contribution in [0.5, 0.6) is 0 Å². The van der Waals surface area contributed by atoms with E-state index in [1.807, 2.05) is 0 Å². The number of aliphatic carboxylic acids is 1. The minimum Gasteiger partial charge on any atom is -0.481 e. The second kappa shape index (κ2) is 8.37. The molecule has 17 heavy (non-hydrogen) atoms. The Kier molecular flexibility index (Phi) is 7.49. The molecule has 0 rings (SSSR count). The number of amides is 3. The van der Waals surface area contributed by atoms with E-state index in [9.17, 15) is 14.4 Å². The molecule has 7 heteroatoms. The van der Waals surface area contributed by atoms with Gasteiger partial charge in [-0.3, -0.25) is 9.59 Å². The Bertz CT molecular complexity index is 281. The van der Waals surface area contributed by atoms with Gasteiger partial charge in [-0.15, -0.1) is 0 Å². The van der Waals surface area contributed by atoms with E-state index >= 15 is 0 Å². The molecule has 3 amide bonds. The number of urea groups is 1. The van der Waals surface area contributed by atoms with Crippen molar-refractivity contribution in [2.45, 2.75) is 19.8 Å². The molecule has 0 spiro atoms. The summed E-state index contributed by atoms with van der Waals surface area (Å²) < 4.78 is 0. The predicted molar refractivity (Wildman–Crippen MR) is 61.5 cm³/mol. The molecule has 0 radical (unpaired) electrons. The van der Waals surface area contributed by atoms with E-state index in [2.05, 4.69) is 16.0 Å². The summed E-state index contributed by atoms with van der Waals surface area (Å²) in [7, 11) is 1.52. The fraction of sp³-hybridized carbons (Fsp3) is 0.700. The van der Waals surface area contributed by atoms with Crippen molar-refractivity contribution in [1.29, 1.82) is 0 Å². The van der Waals surface area contributed by atoms with Gasteiger partial charge >= 0.3 is 12.0 Å². The van der Waals surface area contributed by atoms with Crippen molar-refractivity contribution in [3.05, 3.63) is 0 Å². The van der Waals surface area contributed by atoms with Gasteiger partial charge in [0.2, 0.25) is 5.91 Å². The fourth-order valence-electron chi connectivity index (χ4n) is 1.11. The van der Waals surface area contributed by atoms with E-state index in [4.69, 9.17) is 5.11 Å². The van der Waals surface area contributed by atoms with Crippen molar-refractivity contribution in [3.8, 4) is 0 Å². The van der Waals surface area contributed by atoms with E-state index in [1.165, 1.54) is 7.05 Å². The third-order valence-corrected chi connectivity index (χ3v) is 2.05. The van der Waals surface area contributed by atoms with Gasteiger partial charge in [0.25, 0.3) is 0 Å². The lowest BCUT2D eigenvalue weighted by atomic mass is 10.1. The second-order valence-corrected chi connectivity index (χ2v) is 3.76. The van der Waals surface area contributed by atoms with Crippen LogP contribution in [0.4, 0.5) is 4.79 Å². The van der Waals surface area contributed by atoms with Crippen molar-refractivity contribution < 1.29 is 19.5 Å². The second-order valence-electron chi connectivity index (χ2n) is 3.76. The van der Waals surface area contributed by atoms with Crippen LogP contribution in [0.1, 0.15) is 19.8 Å². The standard InChI is InChI=1S/C10H19N3O4/c1-7(5-9(15)16)6-13-10(17)12-4-3-8(14)11-2/h7H,3-6H2,1-2H3,(H,11,14)(H,15,16)(H2,12,13,17). The molecule has 0 aliphatic rings. The van der Waals surface area contributed by atoms with Gasteiger partial charge < -0.3 is 21.1 Å². The average molecular weight is 245 g/mol. The third kappa shape index (κ3) is 9.16. The fourth-order valence-corrected chi connectivity index (χ4v) is 1.11. The maximum atomic E-state index is 11.2. The highest BCUT2D eigenvalue weighted by Gasteiger charge is 2.09. The van der Waals surface area contributed by atoms with E-state index in [0.717, 1.165) is 0 Å². The van der Waals surface area contributed by atoms with Gasteiger partial charge in [-0.25, -0.2) is 4.79 Å². The summed E-state index contributed by atoms with van der Waals surface area (Å²) in [5.74, 6) is -1.17. The van der Waals surface area contributed by atoms with Gasteiger partial charge in [-0.1, -0.05) is 6.92 Å². The van der Waals surface area contributed by atoms with Crippen LogP contribution in [-0.2, 0) is 9.59 Å². The normalized spacial score (nSPS) is 11.4. The van der Waals surface area contributed by atoms with Crippen LogP contribution >= 0.6 is 0 Å². The maximum absolute atomic E-state index is 11.2. The smallest absolute Gasteiger partial charge is 0.314 e. The van der Waals surface area contributed by atoms with Crippen LogP contribution in [-0.4, -0.2) is 43.2 Å². The highest BCUT2D eigenvalue weighted by Crippen LogP contribution is 1.98. The molecule has 0 saturated carbocycles. The van der Waals surface area contributed by atoms with Crippen LogP contribution in [0.25, 0.3) is 0 Å². The van der Waals surface area contributed by atoms with Crippen LogP contribution in [0.2, 0.25) is 0 Å². The molecule has 0 aliphatic carbocycles. The number of hydrogen-bond acceptors (Lipinski definition) is 3. The SMILES string of the molecule is CNC(=O)CCNC(=O)NCC(C)CC(=O)O. The lowest BCUT2D eigenvalue weighted by molar-refractivity contribution is -0.137. The first-order valence-electron chi connectivity index (χ1n) is 5.39. The van der Waals surface area contributed by atoms with Crippen molar-refractivity contribution in [2.24, 2.45) is 5.92 Å². The Morgan fingerprint density at radius 3 is 2.41 bits per heavy atom. The number of carbonyl (C=O) groups is 3. The number of hydrogen-bond donors (Lipinski definition) is 4. The first kappa shape index (κ1) is 15.2. The molecule has 0 bridgehead atoms. The van der Waals surface area contributed by atoms with E-state index in [1.54, 1.807) is 6.92 Å². The monoisotopic (exact) mass is 245 g/mol. The quantitative estimate of drug-likeness (QED) is 0.486. The molecule has 0 heterocycles. The van der Waals surface area contributed by atoms with Crippen molar-refractivity contribution in [1.82, 2.24) is 16.0 Å². The van der Waals surface area contributed by atoms with E-state index in [-0.39, 0.29) is 37.8 Å². The number of rotatable bonds is 7. The van der Waals surface area contributed by atoms with Gasteiger partial charge in [0.15, 0.2) is 0 Å². The summed E-state index contributed by atoms with van der Waals surface area (Å²) in [6, 6.07) is -0.397. The topological polar surface area (TPSA) is 108 Å². The van der Waals surface area contributed by atoms with Crippen LogP contribution < -0.4 is 16.0 Å². The summed E-state index contributed by atoms with van der Waals surface area (Å²) in [5, 5.41) is 16.0. The molecule has 0 saturated heterocycles. The van der Waals surface area contributed by atoms with Crippen LogP contribution in [0.15, 0.2) is 0 Å². The van der Waals surface area contributed by atoms with Crippen LogP contribution in [0, 0.1) is 5.92 Å². The lowest BCUT2D eigenvalue weighted by Gasteiger charge is -2.11. The summed E-state index contributed by atoms with van der Waals surface area (Å²) in [4.78, 5) is 32.4. The molecule has 98 valence electrons. The summed E-state index contributed by atoms with van der Waals surface area (Å²) in [5.41, 5.74) is 0. The first-order valence-corrected chi connectivity index (χ1v) is 5.39. The van der Waals surface area contributed by atoms with Gasteiger partial charge in [0.05, 0.1) is 0 Å². The van der Waals surface area contributed by atoms with Gasteiger partial charge in [-0.05, 0) is 5.92 Å². The zero-order valence-corrected chi connectivity index (χ0v) is 10.1. The third-order valence-electron chi connectivity index (χ3n) is 2.05. The van der Waals surface area contributed by atoms with Crippen molar-refractivity contribution in [2.75, 3.05) is 20.1 Å². The summed E-state index contributed by atoms with van der Waals surface area (Å²) in [6.45, 7) is 2.27. The molecule has 7 nitrogen and oxygen atoms in total. The molecule has 0 fully saturated rings. The van der Waals surface area contributed by atoms with Gasteiger partial charge in [-0.2, -0.15) is 0 Å². The van der Waals surface area contributed by atoms with E-state index in [0.29, 0.717) is 0 Å². The Balaban J connectivity index is 3.59. The molecule has 1 atom stereocenters. The first-order chi connectivity index (χ1) is 7.95. The number of carboxylic acid groups (broad SMARTS) is 1. The Morgan fingerprint density at radius 1 is 1.24 bits per heavy atom. The number of carboxylic acids is 1. The molecular weight excluding hydrogens is 226 g/mol.